The Bertz CT molecular complexity index is 236. The van der Waals surface area contributed by atoms with Gasteiger partial charge in [0.15, 0.2) is 5.78 Å². The molecule has 1 nitrogen and oxygen atoms in total. The van der Waals surface area contributed by atoms with Crippen LogP contribution in [0.15, 0.2) is 36.0 Å². The molecule has 0 bridgehead atoms. The Balaban J connectivity index is 2.72. The quantitative estimate of drug-likeness (QED) is 0.643. The Morgan fingerprint density at radius 3 is 3.09 bits per heavy atom. The van der Waals surface area contributed by atoms with Crippen LogP contribution in [-0.4, -0.2) is 11.1 Å². The minimum Gasteiger partial charge on any atom is -0.293 e. The molecule has 0 N–H and O–H groups in total. The first kappa shape index (κ1) is 8.47. The van der Waals surface area contributed by atoms with Gasteiger partial charge in [-0.1, -0.05) is 46.3 Å². The Morgan fingerprint density at radius 2 is 2.36 bits per heavy atom. The summed E-state index contributed by atoms with van der Waals surface area (Å²) in [6.45, 7) is 0. The second-order valence-electron chi connectivity index (χ2n) is 2.24. The van der Waals surface area contributed by atoms with Gasteiger partial charge in [0.05, 0.1) is 5.33 Å². The van der Waals surface area contributed by atoms with Crippen molar-refractivity contribution in [2.75, 3.05) is 5.33 Å². The molecule has 1 aliphatic carbocycles. The molecule has 2 heteroatoms. The highest BCUT2D eigenvalue weighted by atomic mass is 79.9. The van der Waals surface area contributed by atoms with Gasteiger partial charge < -0.3 is 0 Å². The van der Waals surface area contributed by atoms with Gasteiger partial charge in [0.25, 0.3) is 0 Å². The number of Topliss-reactive ketones (excluding diaryl/α,β-unsaturated/α-hetero) is 1. The molecular weight excluding hydrogens is 204 g/mol. The molecule has 0 saturated heterocycles. The summed E-state index contributed by atoms with van der Waals surface area (Å²) < 4.78 is 0. The van der Waals surface area contributed by atoms with E-state index in [1.165, 1.54) is 0 Å². The van der Waals surface area contributed by atoms with E-state index in [9.17, 15) is 4.79 Å². The fourth-order valence-corrected chi connectivity index (χ4v) is 1.19. The summed E-state index contributed by atoms with van der Waals surface area (Å²) >= 11 is 3.13. The van der Waals surface area contributed by atoms with Gasteiger partial charge in [-0.05, 0) is 6.42 Å². The lowest BCUT2D eigenvalue weighted by Crippen LogP contribution is -2.00. The van der Waals surface area contributed by atoms with Crippen LogP contribution < -0.4 is 0 Å². The van der Waals surface area contributed by atoms with Crippen molar-refractivity contribution in [2.24, 2.45) is 0 Å². The van der Waals surface area contributed by atoms with E-state index in [1.807, 2.05) is 30.4 Å². The van der Waals surface area contributed by atoms with Gasteiger partial charge in [0, 0.05) is 5.57 Å². The first-order chi connectivity index (χ1) is 5.34. The smallest absolute Gasteiger partial charge is 0.173 e. The van der Waals surface area contributed by atoms with E-state index in [0.717, 1.165) is 12.0 Å². The molecular formula is C9H9BrO. The maximum Gasteiger partial charge on any atom is 0.173 e. The number of carbonyl (C=O) groups excluding carboxylic acids is 1. The molecule has 1 aliphatic rings. The second-order valence-corrected chi connectivity index (χ2v) is 2.80. The molecule has 0 spiro atoms. The molecule has 0 heterocycles. The number of carbonyl (C=O) groups is 1. The predicted molar refractivity (Wildman–Crippen MR) is 49.8 cm³/mol. The van der Waals surface area contributed by atoms with Gasteiger partial charge in [-0.15, -0.1) is 0 Å². The Kier molecular flexibility index (Phi) is 3.30. The largest absolute Gasteiger partial charge is 0.293 e. The molecule has 0 saturated carbocycles. The van der Waals surface area contributed by atoms with Crippen molar-refractivity contribution in [1.82, 2.24) is 0 Å². The standard InChI is InChI=1S/C9H9BrO/c10-7-9(11)8-5-3-1-2-4-6-8/h1-3,5-6H,4,7H2. The second kappa shape index (κ2) is 4.29. The third-order valence-corrected chi connectivity index (χ3v) is 1.95. The summed E-state index contributed by atoms with van der Waals surface area (Å²) in [5, 5.41) is 0.406. The predicted octanol–water partition coefficient (Wildman–Crippen LogP) is 2.39. The average molecular weight is 213 g/mol. The van der Waals surface area contributed by atoms with Gasteiger partial charge in [0.2, 0.25) is 0 Å². The van der Waals surface area contributed by atoms with E-state index in [-0.39, 0.29) is 5.78 Å². The molecule has 0 aliphatic heterocycles. The molecule has 58 valence electrons. The molecule has 0 fully saturated rings. The van der Waals surface area contributed by atoms with Gasteiger partial charge in [-0.3, -0.25) is 4.79 Å². The number of rotatable bonds is 2. The minimum atomic E-state index is 0.143. The van der Waals surface area contributed by atoms with E-state index in [2.05, 4.69) is 15.9 Å². The molecule has 0 aromatic heterocycles. The zero-order chi connectivity index (χ0) is 8.10. The highest BCUT2D eigenvalue weighted by Gasteiger charge is 2.03. The molecule has 0 amide bonds. The van der Waals surface area contributed by atoms with Crippen molar-refractivity contribution in [1.29, 1.82) is 0 Å². The Labute approximate surface area is 74.6 Å². The number of hydrogen-bond donors (Lipinski definition) is 0. The maximum atomic E-state index is 11.1. The summed E-state index contributed by atoms with van der Waals surface area (Å²) in [5.41, 5.74) is 0.798. The fourth-order valence-electron chi connectivity index (χ4n) is 0.863. The Hall–Kier alpha value is -0.630. The average Bonchev–Trinajstić information content (AvgIpc) is 2.30. The zero-order valence-electron chi connectivity index (χ0n) is 6.09. The first-order valence-electron chi connectivity index (χ1n) is 3.47. The van der Waals surface area contributed by atoms with Gasteiger partial charge in [0.1, 0.15) is 0 Å². The molecule has 0 aromatic carbocycles. The number of allylic oxidation sites excluding steroid dienone is 6. The zero-order valence-corrected chi connectivity index (χ0v) is 7.67. The molecule has 0 atom stereocenters. The van der Waals surface area contributed by atoms with Crippen LogP contribution in [-0.2, 0) is 4.79 Å². The molecule has 1 rings (SSSR count). The molecule has 0 aromatic rings. The number of alkyl halides is 1. The normalized spacial score (nSPS) is 15.9. The summed E-state index contributed by atoms with van der Waals surface area (Å²) in [4.78, 5) is 11.1. The first-order valence-corrected chi connectivity index (χ1v) is 4.59. The minimum absolute atomic E-state index is 0.143. The lowest BCUT2D eigenvalue weighted by Gasteiger charge is -1.94. The van der Waals surface area contributed by atoms with Crippen molar-refractivity contribution in [3.63, 3.8) is 0 Å². The molecule has 0 radical (unpaired) electrons. The number of ketones is 1. The van der Waals surface area contributed by atoms with Crippen LogP contribution in [0.25, 0.3) is 0 Å². The molecule has 0 unspecified atom stereocenters. The van der Waals surface area contributed by atoms with Crippen LogP contribution in [0.4, 0.5) is 0 Å². The highest BCUT2D eigenvalue weighted by Crippen LogP contribution is 2.07. The van der Waals surface area contributed by atoms with Crippen LogP contribution in [0.2, 0.25) is 0 Å². The van der Waals surface area contributed by atoms with Gasteiger partial charge in [-0.25, -0.2) is 0 Å². The van der Waals surface area contributed by atoms with E-state index in [4.69, 9.17) is 0 Å². The van der Waals surface area contributed by atoms with Crippen molar-refractivity contribution in [3.05, 3.63) is 36.0 Å². The van der Waals surface area contributed by atoms with Crippen LogP contribution in [0.5, 0.6) is 0 Å². The van der Waals surface area contributed by atoms with Crippen molar-refractivity contribution in [2.45, 2.75) is 6.42 Å². The van der Waals surface area contributed by atoms with Crippen LogP contribution >= 0.6 is 15.9 Å². The monoisotopic (exact) mass is 212 g/mol. The van der Waals surface area contributed by atoms with Crippen LogP contribution in [0.3, 0.4) is 0 Å². The highest BCUT2D eigenvalue weighted by molar-refractivity contribution is 9.09. The topological polar surface area (TPSA) is 17.1 Å². The summed E-state index contributed by atoms with van der Waals surface area (Å²) in [6.07, 6.45) is 10.5. The van der Waals surface area contributed by atoms with Crippen LogP contribution in [0, 0.1) is 0 Å². The van der Waals surface area contributed by atoms with Crippen molar-refractivity contribution < 1.29 is 4.79 Å². The summed E-state index contributed by atoms with van der Waals surface area (Å²) in [7, 11) is 0. The third-order valence-electron chi connectivity index (χ3n) is 1.44. The third kappa shape index (κ3) is 2.46. The van der Waals surface area contributed by atoms with E-state index >= 15 is 0 Å². The number of hydrogen-bond acceptors (Lipinski definition) is 1. The summed E-state index contributed by atoms with van der Waals surface area (Å²) in [5.74, 6) is 0.143. The number of halogens is 1. The lowest BCUT2D eigenvalue weighted by atomic mass is 10.1. The lowest BCUT2D eigenvalue weighted by molar-refractivity contribution is -0.112. The Morgan fingerprint density at radius 1 is 1.55 bits per heavy atom. The SMILES string of the molecule is O=C(CBr)C1=CCC=CC=C1. The maximum absolute atomic E-state index is 11.1. The van der Waals surface area contributed by atoms with Gasteiger partial charge in [-0.2, -0.15) is 0 Å². The molecule has 11 heavy (non-hydrogen) atoms. The van der Waals surface area contributed by atoms with Crippen molar-refractivity contribution >= 4 is 21.7 Å². The van der Waals surface area contributed by atoms with Crippen LogP contribution in [0.1, 0.15) is 6.42 Å². The van der Waals surface area contributed by atoms with Gasteiger partial charge >= 0.3 is 0 Å². The summed E-state index contributed by atoms with van der Waals surface area (Å²) in [6, 6.07) is 0. The van der Waals surface area contributed by atoms with E-state index in [0.29, 0.717) is 5.33 Å². The van der Waals surface area contributed by atoms with E-state index < -0.39 is 0 Å². The van der Waals surface area contributed by atoms with E-state index in [1.54, 1.807) is 0 Å². The van der Waals surface area contributed by atoms with Crippen molar-refractivity contribution in [3.8, 4) is 0 Å². The fraction of sp³-hybridized carbons (Fsp3) is 0.222.